The lowest BCUT2D eigenvalue weighted by molar-refractivity contribution is 0.467. The Kier molecular flexibility index (Phi) is 4.47. The lowest BCUT2D eigenvalue weighted by atomic mass is 10.3. The molecule has 0 saturated heterocycles. The topological polar surface area (TPSA) is 159 Å². The Morgan fingerprint density at radius 1 is 0.783 bits per heavy atom. The molecule has 11 heteroatoms. The highest BCUT2D eigenvalue weighted by molar-refractivity contribution is 7.89. The van der Waals surface area contributed by atoms with Crippen molar-refractivity contribution in [3.8, 4) is 0 Å². The Morgan fingerprint density at radius 2 is 1.35 bits per heavy atom. The van der Waals surface area contributed by atoms with Crippen LogP contribution in [0.2, 0.25) is 0 Å². The van der Waals surface area contributed by atoms with Crippen LogP contribution in [0.15, 0.2) is 62.5 Å². The zero-order valence-electron chi connectivity index (χ0n) is 11.4. The van der Waals surface area contributed by atoms with Crippen molar-refractivity contribution >= 4 is 37.3 Å². The van der Waals surface area contributed by atoms with E-state index in [0.717, 1.165) is 18.2 Å². The van der Waals surface area contributed by atoms with Crippen LogP contribution in [0, 0.1) is 0 Å². The number of nitrogens with zero attached hydrogens (tertiary/aromatic N) is 2. The first kappa shape index (κ1) is 17.0. The lowest BCUT2D eigenvalue weighted by Gasteiger charge is -2.06. The normalized spacial score (nSPS) is 12.6. The number of rotatable bonds is 4. The number of azo groups is 1. The van der Waals surface area contributed by atoms with Gasteiger partial charge in [0, 0.05) is 0 Å². The van der Waals surface area contributed by atoms with E-state index >= 15 is 0 Å². The van der Waals surface area contributed by atoms with E-state index in [1.165, 1.54) is 12.1 Å². The van der Waals surface area contributed by atoms with Crippen LogP contribution in [-0.2, 0) is 20.2 Å². The third-order valence-electron chi connectivity index (χ3n) is 2.70. The minimum atomic E-state index is -4.99. The highest BCUT2D eigenvalue weighted by atomic mass is 32.2. The molecule has 0 aliphatic carbocycles. The van der Waals surface area contributed by atoms with Crippen molar-refractivity contribution < 1.29 is 25.9 Å². The van der Waals surface area contributed by atoms with Crippen LogP contribution in [0.25, 0.3) is 0 Å². The van der Waals surface area contributed by atoms with Gasteiger partial charge in [-0.05, 0) is 24.3 Å². The number of benzene rings is 2. The van der Waals surface area contributed by atoms with Crippen molar-refractivity contribution in [2.45, 2.75) is 9.79 Å². The summed E-state index contributed by atoms with van der Waals surface area (Å²) in [6.07, 6.45) is 0. The highest BCUT2D eigenvalue weighted by Crippen LogP contribution is 2.32. The number of para-hydroxylation sites is 1. The summed E-state index contributed by atoms with van der Waals surface area (Å²) in [6, 6.07) is 9.36. The second kappa shape index (κ2) is 6.04. The molecule has 0 aromatic heterocycles. The van der Waals surface area contributed by atoms with E-state index in [4.69, 9.17) is 10.3 Å². The molecule has 9 nitrogen and oxygen atoms in total. The Hall–Kier alpha value is -2.34. The van der Waals surface area contributed by atoms with Gasteiger partial charge in [-0.2, -0.15) is 16.8 Å². The van der Waals surface area contributed by atoms with Crippen molar-refractivity contribution in [3.05, 3.63) is 42.5 Å². The fraction of sp³-hybridized carbons (Fsp3) is 0. The van der Waals surface area contributed by atoms with Crippen LogP contribution in [0.1, 0.15) is 0 Å². The molecule has 0 atom stereocenters. The van der Waals surface area contributed by atoms with E-state index in [2.05, 4.69) is 10.2 Å². The van der Waals surface area contributed by atoms with Crippen LogP contribution in [0.5, 0.6) is 0 Å². The van der Waals surface area contributed by atoms with Crippen molar-refractivity contribution in [1.82, 2.24) is 0 Å². The Bertz CT molecular complexity index is 984. The zero-order chi connectivity index (χ0) is 17.3. The van der Waals surface area contributed by atoms with Gasteiger partial charge in [0.1, 0.15) is 21.2 Å². The second-order valence-electron chi connectivity index (χ2n) is 4.31. The van der Waals surface area contributed by atoms with Gasteiger partial charge in [0.2, 0.25) is 0 Å². The standard InChI is InChI=1S/C12H11N3O6S2/c13-8-4-1-2-5-9(8)14-15-10-6-3-7-11(22(16,17)18)12(10)23(19,20)21/h1-7H,13H2,(H,16,17,18)(H,19,20,21). The number of anilines is 1. The van der Waals surface area contributed by atoms with Gasteiger partial charge >= 0.3 is 0 Å². The molecule has 0 aliphatic rings. The van der Waals surface area contributed by atoms with Gasteiger partial charge in [0.15, 0.2) is 0 Å². The number of hydrogen-bond donors (Lipinski definition) is 3. The van der Waals surface area contributed by atoms with E-state index < -0.39 is 35.7 Å². The quantitative estimate of drug-likeness (QED) is 0.429. The molecule has 4 N–H and O–H groups in total. The summed E-state index contributed by atoms with van der Waals surface area (Å²) >= 11 is 0. The molecule has 2 rings (SSSR count). The molecule has 23 heavy (non-hydrogen) atoms. The molecule has 122 valence electrons. The fourth-order valence-electron chi connectivity index (χ4n) is 1.73. The zero-order valence-corrected chi connectivity index (χ0v) is 13.0. The molecule has 2 aromatic carbocycles. The minimum absolute atomic E-state index is 0.214. The van der Waals surface area contributed by atoms with E-state index in [1.807, 2.05) is 0 Å². The summed E-state index contributed by atoms with van der Waals surface area (Å²) < 4.78 is 63.8. The molecular weight excluding hydrogens is 346 g/mol. The van der Waals surface area contributed by atoms with E-state index in [-0.39, 0.29) is 11.4 Å². The van der Waals surface area contributed by atoms with Gasteiger partial charge in [0.05, 0.1) is 5.69 Å². The number of nitrogen functional groups attached to an aromatic ring is 1. The molecule has 0 saturated carbocycles. The first-order chi connectivity index (χ1) is 10.6. The van der Waals surface area contributed by atoms with Gasteiger partial charge < -0.3 is 5.73 Å². The fourth-order valence-corrected chi connectivity index (χ4v) is 3.65. The first-order valence-electron chi connectivity index (χ1n) is 5.95. The second-order valence-corrected chi connectivity index (χ2v) is 7.06. The van der Waals surface area contributed by atoms with Crippen molar-refractivity contribution in [1.29, 1.82) is 0 Å². The van der Waals surface area contributed by atoms with Crippen molar-refractivity contribution in [3.63, 3.8) is 0 Å². The first-order valence-corrected chi connectivity index (χ1v) is 8.83. The summed E-state index contributed by atoms with van der Waals surface area (Å²) in [5.74, 6) is 0. The molecule has 0 aliphatic heterocycles. The third kappa shape index (κ3) is 3.90. The Labute approximate surface area is 132 Å². The van der Waals surface area contributed by atoms with Crippen molar-refractivity contribution in [2.75, 3.05) is 5.73 Å². The Balaban J connectivity index is 2.67. The molecule has 0 fully saturated rings. The summed E-state index contributed by atoms with van der Waals surface area (Å²) in [5.41, 5.74) is 5.66. The maximum Gasteiger partial charge on any atom is 0.298 e. The predicted molar refractivity (Wildman–Crippen MR) is 81.1 cm³/mol. The van der Waals surface area contributed by atoms with Crippen molar-refractivity contribution in [2.24, 2.45) is 10.2 Å². The number of hydrogen-bond acceptors (Lipinski definition) is 7. The van der Waals surface area contributed by atoms with E-state index in [9.17, 15) is 21.4 Å². The molecule has 0 radical (unpaired) electrons. The average Bonchev–Trinajstić information content (AvgIpc) is 2.44. The largest absolute Gasteiger partial charge is 0.397 e. The molecule has 2 aromatic rings. The van der Waals surface area contributed by atoms with E-state index in [1.54, 1.807) is 12.1 Å². The lowest BCUT2D eigenvalue weighted by Crippen LogP contribution is -2.08. The minimum Gasteiger partial charge on any atom is -0.397 e. The predicted octanol–water partition coefficient (Wildman–Crippen LogP) is 2.18. The van der Waals surface area contributed by atoms with E-state index in [0.29, 0.717) is 0 Å². The molecular formula is C12H11N3O6S2. The highest BCUT2D eigenvalue weighted by Gasteiger charge is 2.27. The van der Waals surface area contributed by atoms with Gasteiger partial charge in [-0.15, -0.1) is 10.2 Å². The summed E-state index contributed by atoms with van der Waals surface area (Å²) in [6.45, 7) is 0. The van der Waals surface area contributed by atoms with Crippen LogP contribution in [0.4, 0.5) is 17.1 Å². The van der Waals surface area contributed by atoms with Gasteiger partial charge in [0.25, 0.3) is 20.2 Å². The van der Waals surface area contributed by atoms with Crippen LogP contribution in [0.3, 0.4) is 0 Å². The molecule has 0 spiro atoms. The van der Waals surface area contributed by atoms with Gasteiger partial charge in [-0.1, -0.05) is 18.2 Å². The third-order valence-corrected chi connectivity index (χ3v) is 4.67. The maximum atomic E-state index is 11.5. The van der Waals surface area contributed by atoms with Gasteiger partial charge in [-0.25, -0.2) is 0 Å². The molecule has 0 bridgehead atoms. The van der Waals surface area contributed by atoms with Crippen LogP contribution < -0.4 is 5.73 Å². The smallest absolute Gasteiger partial charge is 0.298 e. The average molecular weight is 357 g/mol. The summed E-state index contributed by atoms with van der Waals surface area (Å²) in [4.78, 5) is -2.07. The molecule has 0 unspecified atom stereocenters. The monoisotopic (exact) mass is 357 g/mol. The molecule has 0 amide bonds. The summed E-state index contributed by atoms with van der Waals surface area (Å²) in [5, 5.41) is 7.33. The van der Waals surface area contributed by atoms with Crippen LogP contribution in [-0.4, -0.2) is 25.9 Å². The molecule has 0 heterocycles. The SMILES string of the molecule is Nc1ccccc1N=Nc1cccc(S(=O)(=O)O)c1S(=O)(=O)O. The Morgan fingerprint density at radius 3 is 1.91 bits per heavy atom. The summed E-state index contributed by atoms with van der Waals surface area (Å²) in [7, 11) is -9.88. The number of nitrogens with two attached hydrogens (primary N) is 1. The maximum absolute atomic E-state index is 11.5. The van der Waals surface area contributed by atoms with Crippen LogP contribution >= 0.6 is 0 Å². The van der Waals surface area contributed by atoms with Gasteiger partial charge in [-0.3, -0.25) is 9.11 Å².